The molecule has 122 valence electrons. The minimum atomic E-state index is 0.263. The van der Waals surface area contributed by atoms with E-state index in [9.17, 15) is 0 Å². The molecule has 0 unspecified atom stereocenters. The van der Waals surface area contributed by atoms with E-state index in [0.717, 1.165) is 37.6 Å². The molecule has 6 nitrogen and oxygen atoms in total. The first-order chi connectivity index (χ1) is 11.1. The van der Waals surface area contributed by atoms with Gasteiger partial charge in [0.25, 0.3) is 0 Å². The summed E-state index contributed by atoms with van der Waals surface area (Å²) >= 11 is 6.01. The number of nitrogen functional groups attached to an aromatic ring is 1. The number of likely N-dealkylation sites (N-methyl/N-ethyl adjacent to an activating group) is 1. The third kappa shape index (κ3) is 4.03. The maximum atomic E-state index is 6.01. The number of hydrogen-bond acceptors (Lipinski definition) is 6. The van der Waals surface area contributed by atoms with Crippen molar-refractivity contribution in [3.63, 3.8) is 0 Å². The molecule has 2 heterocycles. The molecule has 2 aromatic rings. The summed E-state index contributed by atoms with van der Waals surface area (Å²) in [4.78, 5) is 10.9. The molecule has 7 heteroatoms. The summed E-state index contributed by atoms with van der Waals surface area (Å²) in [5, 5.41) is 7.37. The van der Waals surface area contributed by atoms with E-state index in [1.54, 1.807) is 0 Å². The van der Waals surface area contributed by atoms with Gasteiger partial charge in [0.05, 0.1) is 0 Å². The van der Waals surface area contributed by atoms with Crippen LogP contribution in [0.3, 0.4) is 0 Å². The van der Waals surface area contributed by atoms with Crippen LogP contribution in [-0.2, 0) is 0 Å². The van der Waals surface area contributed by atoms with Crippen LogP contribution in [-0.4, -0.2) is 35.6 Å². The number of benzene rings is 1. The Labute approximate surface area is 141 Å². The molecule has 1 aromatic heterocycles. The predicted molar refractivity (Wildman–Crippen MR) is 95.5 cm³/mol. The highest BCUT2D eigenvalue weighted by atomic mass is 35.5. The molecule has 0 bridgehead atoms. The van der Waals surface area contributed by atoms with Gasteiger partial charge < -0.3 is 21.3 Å². The summed E-state index contributed by atoms with van der Waals surface area (Å²) < 4.78 is 0. The number of nitrogens with zero attached hydrogens (tertiary/aromatic N) is 3. The molecular weight excluding hydrogens is 312 g/mol. The zero-order valence-corrected chi connectivity index (χ0v) is 13.8. The minimum Gasteiger partial charge on any atom is -0.368 e. The van der Waals surface area contributed by atoms with Crippen molar-refractivity contribution in [3.05, 3.63) is 35.4 Å². The first-order valence-corrected chi connectivity index (χ1v) is 8.17. The normalized spacial score (nSPS) is 17.5. The Morgan fingerprint density at radius 1 is 1.35 bits per heavy atom. The summed E-state index contributed by atoms with van der Waals surface area (Å²) in [5.74, 6) is 1.78. The quantitative estimate of drug-likeness (QED) is 0.781. The SMILES string of the molecule is CCN[C@@H]1CCN(c2cc(Nc3cccc(Cl)c3)nc(N)n2)C1. The Balaban J connectivity index is 1.77. The van der Waals surface area contributed by atoms with Gasteiger partial charge in [-0.1, -0.05) is 24.6 Å². The average molecular weight is 333 g/mol. The molecule has 1 aromatic carbocycles. The molecule has 0 spiro atoms. The number of anilines is 4. The zero-order chi connectivity index (χ0) is 16.2. The first-order valence-electron chi connectivity index (χ1n) is 7.79. The Morgan fingerprint density at radius 3 is 3.00 bits per heavy atom. The van der Waals surface area contributed by atoms with Crippen LogP contribution in [0.2, 0.25) is 5.02 Å². The van der Waals surface area contributed by atoms with Crippen LogP contribution < -0.4 is 21.3 Å². The van der Waals surface area contributed by atoms with Crippen molar-refractivity contribution in [2.75, 3.05) is 35.6 Å². The highest BCUT2D eigenvalue weighted by Gasteiger charge is 2.23. The Morgan fingerprint density at radius 2 is 2.22 bits per heavy atom. The van der Waals surface area contributed by atoms with Crippen molar-refractivity contribution in [3.8, 4) is 0 Å². The fraction of sp³-hybridized carbons (Fsp3) is 0.375. The second-order valence-corrected chi connectivity index (χ2v) is 6.03. The molecule has 1 saturated heterocycles. The van der Waals surface area contributed by atoms with E-state index in [1.165, 1.54) is 0 Å². The van der Waals surface area contributed by atoms with Gasteiger partial charge in [-0.2, -0.15) is 9.97 Å². The van der Waals surface area contributed by atoms with Crippen molar-refractivity contribution >= 4 is 34.9 Å². The Hall–Kier alpha value is -2.05. The number of nitrogens with one attached hydrogen (secondary N) is 2. The molecule has 0 radical (unpaired) electrons. The van der Waals surface area contributed by atoms with E-state index in [4.69, 9.17) is 17.3 Å². The summed E-state index contributed by atoms with van der Waals surface area (Å²) in [6.07, 6.45) is 1.11. The highest BCUT2D eigenvalue weighted by molar-refractivity contribution is 6.30. The Kier molecular flexibility index (Phi) is 4.83. The molecule has 0 amide bonds. The third-order valence-electron chi connectivity index (χ3n) is 3.83. The van der Waals surface area contributed by atoms with Crippen LogP contribution in [0, 0.1) is 0 Å². The van der Waals surface area contributed by atoms with Gasteiger partial charge in [-0.25, -0.2) is 0 Å². The van der Waals surface area contributed by atoms with Gasteiger partial charge in [0.1, 0.15) is 11.6 Å². The summed E-state index contributed by atoms with van der Waals surface area (Å²) in [5.41, 5.74) is 6.74. The maximum Gasteiger partial charge on any atom is 0.223 e. The lowest BCUT2D eigenvalue weighted by Crippen LogP contribution is -2.32. The molecule has 1 atom stereocenters. The largest absolute Gasteiger partial charge is 0.368 e. The molecule has 1 fully saturated rings. The van der Waals surface area contributed by atoms with Gasteiger partial charge in [-0.15, -0.1) is 0 Å². The van der Waals surface area contributed by atoms with Crippen LogP contribution in [0.25, 0.3) is 0 Å². The maximum absolute atomic E-state index is 6.01. The lowest BCUT2D eigenvalue weighted by molar-refractivity contribution is 0.571. The number of aromatic nitrogens is 2. The molecule has 1 aliphatic rings. The van der Waals surface area contributed by atoms with Gasteiger partial charge in [0, 0.05) is 35.9 Å². The van der Waals surface area contributed by atoms with Gasteiger partial charge in [-0.05, 0) is 31.2 Å². The van der Waals surface area contributed by atoms with Gasteiger partial charge in [0.2, 0.25) is 5.95 Å². The van der Waals surface area contributed by atoms with Crippen LogP contribution >= 0.6 is 11.6 Å². The van der Waals surface area contributed by atoms with E-state index < -0.39 is 0 Å². The average Bonchev–Trinajstić information content (AvgIpc) is 2.96. The summed E-state index contributed by atoms with van der Waals surface area (Å²) in [6, 6.07) is 9.92. The molecule has 4 N–H and O–H groups in total. The third-order valence-corrected chi connectivity index (χ3v) is 4.07. The van der Waals surface area contributed by atoms with E-state index in [1.807, 2.05) is 30.3 Å². The van der Waals surface area contributed by atoms with Crippen molar-refractivity contribution in [2.24, 2.45) is 0 Å². The molecule has 0 aliphatic carbocycles. The first kappa shape index (κ1) is 15.8. The second kappa shape index (κ2) is 7.02. The number of rotatable bonds is 5. The van der Waals surface area contributed by atoms with E-state index in [0.29, 0.717) is 16.9 Å². The number of halogens is 1. The standard InChI is InChI=1S/C16H21ClN6/c1-2-19-13-6-7-23(10-13)15-9-14(21-16(18)22-15)20-12-5-3-4-11(17)8-12/h3-5,8-9,13,19H,2,6-7,10H2,1H3,(H3,18,20,21,22)/t13-/m1/s1. The molecular formula is C16H21ClN6. The van der Waals surface area contributed by atoms with Crippen molar-refractivity contribution in [1.82, 2.24) is 15.3 Å². The smallest absolute Gasteiger partial charge is 0.223 e. The topological polar surface area (TPSA) is 79.1 Å². The summed E-state index contributed by atoms with van der Waals surface area (Å²) in [6.45, 7) is 5.00. The van der Waals surface area contributed by atoms with Crippen molar-refractivity contribution < 1.29 is 0 Å². The molecule has 0 saturated carbocycles. The molecule has 3 rings (SSSR count). The molecule has 23 heavy (non-hydrogen) atoms. The predicted octanol–water partition coefficient (Wildman–Crippen LogP) is 2.64. The minimum absolute atomic E-state index is 0.263. The number of nitrogens with two attached hydrogens (primary N) is 1. The van der Waals surface area contributed by atoms with E-state index in [-0.39, 0.29) is 5.95 Å². The monoisotopic (exact) mass is 332 g/mol. The highest BCUT2D eigenvalue weighted by Crippen LogP contribution is 2.24. The van der Waals surface area contributed by atoms with Gasteiger partial charge >= 0.3 is 0 Å². The second-order valence-electron chi connectivity index (χ2n) is 5.59. The Bertz CT molecular complexity index is 677. The van der Waals surface area contributed by atoms with Crippen LogP contribution in [0.15, 0.2) is 30.3 Å². The fourth-order valence-electron chi connectivity index (χ4n) is 2.82. The lowest BCUT2D eigenvalue weighted by Gasteiger charge is -2.19. The lowest BCUT2D eigenvalue weighted by atomic mass is 10.3. The van der Waals surface area contributed by atoms with Crippen LogP contribution in [0.1, 0.15) is 13.3 Å². The van der Waals surface area contributed by atoms with E-state index in [2.05, 4.69) is 32.4 Å². The summed E-state index contributed by atoms with van der Waals surface area (Å²) in [7, 11) is 0. The van der Waals surface area contributed by atoms with Crippen molar-refractivity contribution in [2.45, 2.75) is 19.4 Å². The van der Waals surface area contributed by atoms with Crippen LogP contribution in [0.5, 0.6) is 0 Å². The van der Waals surface area contributed by atoms with Crippen LogP contribution in [0.4, 0.5) is 23.3 Å². The zero-order valence-electron chi connectivity index (χ0n) is 13.1. The van der Waals surface area contributed by atoms with Crippen molar-refractivity contribution in [1.29, 1.82) is 0 Å². The van der Waals surface area contributed by atoms with E-state index >= 15 is 0 Å². The fourth-order valence-corrected chi connectivity index (χ4v) is 3.01. The number of hydrogen-bond donors (Lipinski definition) is 3. The van der Waals surface area contributed by atoms with Gasteiger partial charge in [-0.3, -0.25) is 0 Å². The molecule has 1 aliphatic heterocycles. The van der Waals surface area contributed by atoms with Gasteiger partial charge in [0.15, 0.2) is 0 Å².